The molecule has 2 rings (SSSR count). The summed E-state index contributed by atoms with van der Waals surface area (Å²) in [5.74, 6) is 0.527. The van der Waals surface area contributed by atoms with Crippen molar-refractivity contribution in [1.29, 1.82) is 0 Å². The van der Waals surface area contributed by atoms with Gasteiger partial charge in [-0.3, -0.25) is 10.1 Å². The first-order valence-electron chi connectivity index (χ1n) is 5.75. The van der Waals surface area contributed by atoms with Gasteiger partial charge in [-0.15, -0.1) is 0 Å². The fourth-order valence-electron chi connectivity index (χ4n) is 1.64. The highest BCUT2D eigenvalue weighted by Crippen LogP contribution is 2.25. The number of nitrogen functional groups attached to an aromatic ring is 1. The molecule has 0 saturated heterocycles. The van der Waals surface area contributed by atoms with Gasteiger partial charge in [-0.1, -0.05) is 5.16 Å². The largest absolute Gasteiger partial charge is 0.399 e. The Labute approximate surface area is 119 Å². The summed E-state index contributed by atoms with van der Waals surface area (Å²) in [6.07, 6.45) is 0. The zero-order valence-corrected chi connectivity index (χ0v) is 11.8. The van der Waals surface area contributed by atoms with Crippen LogP contribution in [0.4, 0.5) is 11.4 Å². The monoisotopic (exact) mass is 312 g/mol. The maximum absolute atomic E-state index is 12.2. The number of nitrogens with zero attached hydrogens (tertiary/aromatic N) is 2. The standard InChI is InChI=1S/C11H12N4O5S/c1-7-4-9(14-20-7)6-13-21(18,19)11-5-8(12)2-3-10(11)15(16)17/h2-5,13H,6,12H2,1H3. The summed E-state index contributed by atoms with van der Waals surface area (Å²) in [5, 5.41) is 14.5. The molecule has 0 aliphatic rings. The van der Waals surface area contributed by atoms with Crippen molar-refractivity contribution in [2.75, 3.05) is 5.73 Å². The predicted molar refractivity (Wildman–Crippen MR) is 72.8 cm³/mol. The van der Waals surface area contributed by atoms with E-state index in [0.29, 0.717) is 11.5 Å². The number of nitrogens with two attached hydrogens (primary N) is 1. The van der Waals surface area contributed by atoms with Crippen LogP contribution in [-0.2, 0) is 16.6 Å². The molecule has 0 fully saturated rings. The Morgan fingerprint density at radius 2 is 2.14 bits per heavy atom. The lowest BCUT2D eigenvalue weighted by Crippen LogP contribution is -2.24. The minimum atomic E-state index is -4.10. The number of hydrogen-bond donors (Lipinski definition) is 2. The van der Waals surface area contributed by atoms with Crippen LogP contribution < -0.4 is 10.5 Å². The Balaban J connectivity index is 2.31. The lowest BCUT2D eigenvalue weighted by atomic mass is 10.3. The molecule has 1 aromatic heterocycles. The Morgan fingerprint density at radius 1 is 1.43 bits per heavy atom. The van der Waals surface area contributed by atoms with Crippen LogP contribution in [0.3, 0.4) is 0 Å². The third-order valence-electron chi connectivity index (χ3n) is 2.59. The average Bonchev–Trinajstić information content (AvgIpc) is 2.82. The first-order valence-corrected chi connectivity index (χ1v) is 7.23. The first kappa shape index (κ1) is 14.9. The molecule has 0 saturated carbocycles. The number of rotatable bonds is 5. The maximum Gasteiger partial charge on any atom is 0.289 e. The highest BCUT2D eigenvalue weighted by atomic mass is 32.2. The summed E-state index contributed by atoms with van der Waals surface area (Å²) in [6.45, 7) is 1.51. The average molecular weight is 312 g/mol. The van der Waals surface area contributed by atoms with Crippen molar-refractivity contribution in [3.05, 3.63) is 45.8 Å². The lowest BCUT2D eigenvalue weighted by molar-refractivity contribution is -0.387. The van der Waals surface area contributed by atoms with Gasteiger partial charge in [-0.2, -0.15) is 0 Å². The van der Waals surface area contributed by atoms with Gasteiger partial charge in [0.1, 0.15) is 5.76 Å². The molecule has 0 aliphatic heterocycles. The third-order valence-corrected chi connectivity index (χ3v) is 4.02. The number of anilines is 1. The Hall–Kier alpha value is -2.46. The second kappa shape index (κ2) is 5.50. The molecule has 0 spiro atoms. The normalized spacial score (nSPS) is 11.5. The van der Waals surface area contributed by atoms with Crippen molar-refractivity contribution < 1.29 is 17.9 Å². The fraction of sp³-hybridized carbons (Fsp3) is 0.182. The molecule has 112 valence electrons. The van der Waals surface area contributed by atoms with Crippen molar-refractivity contribution >= 4 is 21.4 Å². The van der Waals surface area contributed by atoms with Gasteiger partial charge in [-0.25, -0.2) is 13.1 Å². The zero-order valence-electron chi connectivity index (χ0n) is 10.9. The van der Waals surface area contributed by atoms with Crippen LogP contribution in [0, 0.1) is 17.0 Å². The van der Waals surface area contributed by atoms with Gasteiger partial charge in [0.05, 0.1) is 17.2 Å². The van der Waals surface area contributed by atoms with Crippen molar-refractivity contribution in [3.63, 3.8) is 0 Å². The van der Waals surface area contributed by atoms with E-state index in [1.807, 2.05) is 0 Å². The molecule has 0 aliphatic carbocycles. The summed E-state index contributed by atoms with van der Waals surface area (Å²) in [6, 6.07) is 4.90. The summed E-state index contributed by atoms with van der Waals surface area (Å²) >= 11 is 0. The van der Waals surface area contributed by atoms with Gasteiger partial charge >= 0.3 is 0 Å². The molecule has 1 aromatic carbocycles. The minimum absolute atomic E-state index is 0.109. The zero-order chi connectivity index (χ0) is 15.6. The molecule has 3 N–H and O–H groups in total. The highest BCUT2D eigenvalue weighted by Gasteiger charge is 2.26. The number of hydrogen-bond acceptors (Lipinski definition) is 7. The van der Waals surface area contributed by atoms with Crippen LogP contribution in [-0.4, -0.2) is 18.5 Å². The number of aromatic nitrogens is 1. The van der Waals surface area contributed by atoms with Gasteiger partial charge in [0.2, 0.25) is 10.0 Å². The van der Waals surface area contributed by atoms with Crippen LogP contribution in [0.5, 0.6) is 0 Å². The van der Waals surface area contributed by atoms with E-state index in [1.54, 1.807) is 13.0 Å². The highest BCUT2D eigenvalue weighted by molar-refractivity contribution is 7.89. The molecule has 21 heavy (non-hydrogen) atoms. The van der Waals surface area contributed by atoms with Crippen LogP contribution in [0.25, 0.3) is 0 Å². The van der Waals surface area contributed by atoms with E-state index in [4.69, 9.17) is 10.3 Å². The number of nitro groups is 1. The summed E-state index contributed by atoms with van der Waals surface area (Å²) in [5.41, 5.74) is 5.42. The summed E-state index contributed by atoms with van der Waals surface area (Å²) in [7, 11) is -4.10. The number of nitro benzene ring substituents is 1. The molecule has 0 unspecified atom stereocenters. The molecule has 9 nitrogen and oxygen atoms in total. The van der Waals surface area contributed by atoms with Gasteiger partial charge in [0, 0.05) is 17.8 Å². The van der Waals surface area contributed by atoms with Crippen molar-refractivity contribution in [1.82, 2.24) is 9.88 Å². The van der Waals surface area contributed by atoms with Crippen molar-refractivity contribution in [2.45, 2.75) is 18.4 Å². The molecule has 1 heterocycles. The van der Waals surface area contributed by atoms with Gasteiger partial charge in [-0.05, 0) is 19.1 Å². The topological polar surface area (TPSA) is 141 Å². The van der Waals surface area contributed by atoms with E-state index in [9.17, 15) is 18.5 Å². The van der Waals surface area contributed by atoms with Crippen LogP contribution in [0.15, 0.2) is 33.7 Å². The molecule has 0 amide bonds. The fourth-order valence-corrected chi connectivity index (χ4v) is 2.85. The van der Waals surface area contributed by atoms with Crippen molar-refractivity contribution in [2.24, 2.45) is 0 Å². The quantitative estimate of drug-likeness (QED) is 0.475. The van der Waals surface area contributed by atoms with Crippen LogP contribution in [0.1, 0.15) is 11.5 Å². The van der Waals surface area contributed by atoms with Crippen LogP contribution >= 0.6 is 0 Å². The van der Waals surface area contributed by atoms with Crippen molar-refractivity contribution in [3.8, 4) is 0 Å². The van der Waals surface area contributed by atoms with E-state index >= 15 is 0 Å². The molecular formula is C11H12N4O5S. The Bertz CT molecular complexity index is 784. The SMILES string of the molecule is Cc1cc(CNS(=O)(=O)c2cc(N)ccc2[N+](=O)[O-])no1. The molecule has 2 aromatic rings. The van der Waals surface area contributed by atoms with E-state index in [2.05, 4.69) is 9.88 Å². The Morgan fingerprint density at radius 3 is 2.71 bits per heavy atom. The van der Waals surface area contributed by atoms with E-state index in [1.165, 1.54) is 6.07 Å². The first-order chi connectivity index (χ1) is 9.79. The maximum atomic E-state index is 12.2. The molecule has 10 heteroatoms. The van der Waals surface area contributed by atoms with E-state index < -0.39 is 25.5 Å². The van der Waals surface area contributed by atoms with Gasteiger partial charge < -0.3 is 10.3 Å². The number of benzene rings is 1. The minimum Gasteiger partial charge on any atom is -0.399 e. The van der Waals surface area contributed by atoms with Gasteiger partial charge in [0.25, 0.3) is 5.69 Å². The number of aryl methyl sites for hydroxylation is 1. The number of nitrogens with one attached hydrogen (secondary N) is 1. The molecular weight excluding hydrogens is 300 g/mol. The van der Waals surface area contributed by atoms with Gasteiger partial charge in [0.15, 0.2) is 4.90 Å². The van der Waals surface area contributed by atoms with E-state index in [-0.39, 0.29) is 12.2 Å². The summed E-state index contributed by atoms with van der Waals surface area (Å²) in [4.78, 5) is 9.63. The Kier molecular flexibility index (Phi) is 3.91. The van der Waals surface area contributed by atoms with E-state index in [0.717, 1.165) is 12.1 Å². The molecule has 0 atom stereocenters. The third kappa shape index (κ3) is 3.35. The second-order valence-corrected chi connectivity index (χ2v) is 5.97. The summed E-state index contributed by atoms with van der Waals surface area (Å²) < 4.78 is 31.3. The predicted octanol–water partition coefficient (Wildman–Crippen LogP) is 0.952. The smallest absolute Gasteiger partial charge is 0.289 e. The lowest BCUT2D eigenvalue weighted by Gasteiger charge is -2.06. The van der Waals surface area contributed by atoms with Crippen LogP contribution in [0.2, 0.25) is 0 Å². The molecule has 0 radical (unpaired) electrons. The molecule has 0 bridgehead atoms. The number of sulfonamides is 1. The second-order valence-electron chi connectivity index (χ2n) is 4.24.